The summed E-state index contributed by atoms with van der Waals surface area (Å²) >= 11 is 0. The highest BCUT2D eigenvalue weighted by molar-refractivity contribution is 5.73. The van der Waals surface area contributed by atoms with Crippen LogP contribution in [0.2, 0.25) is 0 Å². The fraction of sp³-hybridized carbons (Fsp3) is 0.500. The van der Waals surface area contributed by atoms with Crippen molar-refractivity contribution in [2.24, 2.45) is 0 Å². The quantitative estimate of drug-likeness (QED) is 0.442. The minimum atomic E-state index is -1.56. The van der Waals surface area contributed by atoms with Crippen molar-refractivity contribution in [3.05, 3.63) is 18.2 Å². The Balaban J connectivity index is 2.51. The third-order valence-corrected chi connectivity index (χ3v) is 2.51. The van der Waals surface area contributed by atoms with Crippen molar-refractivity contribution in [1.29, 1.82) is 0 Å². The molecule has 1 aliphatic heterocycles. The van der Waals surface area contributed by atoms with Crippen LogP contribution in [0.5, 0.6) is 0 Å². The summed E-state index contributed by atoms with van der Waals surface area (Å²) in [5, 5.41) is 37.3. The lowest BCUT2D eigenvalue weighted by Gasteiger charge is -2.33. The summed E-state index contributed by atoms with van der Waals surface area (Å²) in [4.78, 5) is 14.6. The molecule has 0 spiro atoms. The number of imidazole rings is 1. The molecule has 0 radical (unpaired) electrons. The number of carbonyl (C=O) groups is 1. The zero-order valence-electron chi connectivity index (χ0n) is 7.56. The van der Waals surface area contributed by atoms with E-state index in [1.807, 2.05) is 0 Å². The Morgan fingerprint density at radius 2 is 2.00 bits per heavy atom. The zero-order valence-corrected chi connectivity index (χ0v) is 7.56. The number of rotatable bonds is 1. The number of nitrogens with zero attached hydrogens (tertiary/aromatic N) is 2. The molecule has 15 heavy (non-hydrogen) atoms. The Bertz CT molecular complexity index is 390. The molecule has 0 saturated carbocycles. The molecule has 0 aliphatic carbocycles. The van der Waals surface area contributed by atoms with Gasteiger partial charge in [0, 0.05) is 12.4 Å². The van der Waals surface area contributed by atoms with Gasteiger partial charge in [0.1, 0.15) is 24.1 Å². The zero-order chi connectivity index (χ0) is 11.2. The average molecular weight is 214 g/mol. The topological polar surface area (TPSA) is 116 Å². The Hall–Kier alpha value is -1.44. The number of aromatic nitrogens is 2. The van der Waals surface area contributed by atoms with Crippen LogP contribution in [-0.4, -0.2) is 48.2 Å². The Labute approximate surface area is 84.2 Å². The number of aliphatic hydroxyl groups excluding tert-OH is 3. The third-order valence-electron chi connectivity index (χ3n) is 2.51. The molecule has 7 nitrogen and oxygen atoms in total. The van der Waals surface area contributed by atoms with Crippen molar-refractivity contribution in [3.8, 4) is 0 Å². The fourth-order valence-corrected chi connectivity index (χ4v) is 1.74. The van der Waals surface area contributed by atoms with Crippen LogP contribution in [0.4, 0.5) is 0 Å². The van der Waals surface area contributed by atoms with Gasteiger partial charge in [-0.05, 0) is 0 Å². The smallest absolute Gasteiger partial charge is 0.329 e. The molecule has 2 heterocycles. The van der Waals surface area contributed by atoms with Gasteiger partial charge >= 0.3 is 5.97 Å². The van der Waals surface area contributed by atoms with Gasteiger partial charge in [-0.3, -0.25) is 0 Å². The molecule has 0 amide bonds. The summed E-state index contributed by atoms with van der Waals surface area (Å²) in [7, 11) is 0. The summed E-state index contributed by atoms with van der Waals surface area (Å²) in [5.74, 6) is -1.24. The molecule has 7 heteroatoms. The van der Waals surface area contributed by atoms with Crippen molar-refractivity contribution in [2.75, 3.05) is 0 Å². The van der Waals surface area contributed by atoms with Gasteiger partial charge in [-0.25, -0.2) is 9.78 Å². The Morgan fingerprint density at radius 1 is 1.33 bits per heavy atom. The number of aliphatic hydroxyl groups is 3. The number of hydrogen-bond acceptors (Lipinski definition) is 5. The first-order valence-electron chi connectivity index (χ1n) is 4.33. The molecule has 0 saturated heterocycles. The Kier molecular flexibility index (Phi) is 2.22. The monoisotopic (exact) mass is 214 g/mol. The molecule has 4 N–H and O–H groups in total. The highest BCUT2D eigenvalue weighted by Crippen LogP contribution is 2.31. The first-order chi connectivity index (χ1) is 7.04. The van der Waals surface area contributed by atoms with Crippen molar-refractivity contribution >= 4 is 5.97 Å². The van der Waals surface area contributed by atoms with E-state index in [2.05, 4.69) is 4.98 Å². The van der Waals surface area contributed by atoms with Gasteiger partial charge in [-0.15, -0.1) is 0 Å². The normalized spacial score (nSPS) is 34.9. The standard InChI is InChI=1S/C8H10N2O5/c11-4-3(8(14)15)10-2-1-9-7(10)6(13)5(4)12/h1-6,11-13H,(H,14,15)/t3-,4-,5+,6-/m1/s1. The fourth-order valence-electron chi connectivity index (χ4n) is 1.74. The van der Waals surface area contributed by atoms with Gasteiger partial charge in [-0.1, -0.05) is 0 Å². The minimum absolute atomic E-state index is 0.0419. The molecule has 4 atom stereocenters. The lowest BCUT2D eigenvalue weighted by atomic mass is 9.96. The maximum Gasteiger partial charge on any atom is 0.329 e. The molecule has 0 bridgehead atoms. The second-order valence-corrected chi connectivity index (χ2v) is 3.40. The van der Waals surface area contributed by atoms with Crippen LogP contribution < -0.4 is 0 Å². The molecule has 0 aromatic carbocycles. The number of fused-ring (bicyclic) bond motifs is 1. The molecule has 1 aliphatic rings. The lowest BCUT2D eigenvalue weighted by molar-refractivity contribution is -0.156. The lowest BCUT2D eigenvalue weighted by Crippen LogP contribution is -2.47. The number of carboxylic acids is 1. The number of hydrogen-bond donors (Lipinski definition) is 4. The van der Waals surface area contributed by atoms with E-state index in [1.165, 1.54) is 12.4 Å². The van der Waals surface area contributed by atoms with E-state index < -0.39 is 30.3 Å². The van der Waals surface area contributed by atoms with Crippen LogP contribution >= 0.6 is 0 Å². The van der Waals surface area contributed by atoms with E-state index in [4.69, 9.17) is 5.11 Å². The predicted octanol–water partition coefficient (Wildman–Crippen LogP) is -1.72. The summed E-state index contributed by atoms with van der Waals surface area (Å²) < 4.78 is 1.14. The molecule has 0 unspecified atom stereocenters. The largest absolute Gasteiger partial charge is 0.480 e. The predicted molar refractivity (Wildman–Crippen MR) is 45.9 cm³/mol. The van der Waals surface area contributed by atoms with Crippen LogP contribution in [0.1, 0.15) is 18.0 Å². The molecule has 82 valence electrons. The van der Waals surface area contributed by atoms with Crippen molar-refractivity contribution in [2.45, 2.75) is 24.4 Å². The van der Waals surface area contributed by atoms with E-state index in [9.17, 15) is 20.1 Å². The molecule has 0 fully saturated rings. The molecule has 2 rings (SSSR count). The van der Waals surface area contributed by atoms with Crippen LogP contribution in [0, 0.1) is 0 Å². The van der Waals surface area contributed by atoms with Gasteiger partial charge in [0.05, 0.1) is 0 Å². The highest BCUT2D eigenvalue weighted by atomic mass is 16.4. The van der Waals surface area contributed by atoms with E-state index in [-0.39, 0.29) is 5.82 Å². The van der Waals surface area contributed by atoms with E-state index in [0.29, 0.717) is 0 Å². The summed E-state index contributed by atoms with van der Waals surface area (Å²) in [6.45, 7) is 0. The molecular weight excluding hydrogens is 204 g/mol. The summed E-state index contributed by atoms with van der Waals surface area (Å²) in [6, 6.07) is -1.32. The second kappa shape index (κ2) is 3.30. The highest BCUT2D eigenvalue weighted by Gasteiger charge is 2.44. The van der Waals surface area contributed by atoms with Crippen LogP contribution in [0.15, 0.2) is 12.4 Å². The maximum absolute atomic E-state index is 10.9. The molecule has 1 aromatic heterocycles. The van der Waals surface area contributed by atoms with E-state index in [1.54, 1.807) is 0 Å². The molecule has 1 aromatic rings. The third kappa shape index (κ3) is 1.32. The Morgan fingerprint density at radius 3 is 2.60 bits per heavy atom. The first kappa shape index (κ1) is 10.1. The second-order valence-electron chi connectivity index (χ2n) is 3.40. The maximum atomic E-state index is 10.9. The van der Waals surface area contributed by atoms with Gasteiger partial charge in [0.15, 0.2) is 6.04 Å². The average Bonchev–Trinajstić information content (AvgIpc) is 2.62. The number of carboxylic acid groups (broad SMARTS) is 1. The van der Waals surface area contributed by atoms with Crippen molar-refractivity contribution < 1.29 is 25.2 Å². The van der Waals surface area contributed by atoms with E-state index >= 15 is 0 Å². The summed E-state index contributed by atoms with van der Waals surface area (Å²) in [6.07, 6.45) is -1.82. The molecular formula is C8H10N2O5. The van der Waals surface area contributed by atoms with Gasteiger partial charge < -0.3 is 25.0 Å². The van der Waals surface area contributed by atoms with Crippen LogP contribution in [-0.2, 0) is 4.79 Å². The van der Waals surface area contributed by atoms with Crippen LogP contribution in [0.3, 0.4) is 0 Å². The van der Waals surface area contributed by atoms with Gasteiger partial charge in [0.25, 0.3) is 0 Å². The van der Waals surface area contributed by atoms with Crippen molar-refractivity contribution in [3.63, 3.8) is 0 Å². The SMILES string of the molecule is O=C(O)[C@H]1[C@@H](O)[C@H](O)[C@@H](O)c2nccn21. The van der Waals surface area contributed by atoms with Gasteiger partial charge in [-0.2, -0.15) is 0 Å². The number of aliphatic carboxylic acids is 1. The van der Waals surface area contributed by atoms with Crippen LogP contribution in [0.25, 0.3) is 0 Å². The first-order valence-corrected chi connectivity index (χ1v) is 4.33. The summed E-state index contributed by atoms with van der Waals surface area (Å²) in [5.41, 5.74) is 0. The minimum Gasteiger partial charge on any atom is -0.480 e. The van der Waals surface area contributed by atoms with Crippen molar-refractivity contribution in [1.82, 2.24) is 9.55 Å². The van der Waals surface area contributed by atoms with Gasteiger partial charge in [0.2, 0.25) is 0 Å². The van der Waals surface area contributed by atoms with E-state index in [0.717, 1.165) is 4.57 Å².